The highest BCUT2D eigenvalue weighted by molar-refractivity contribution is 7.81. The Bertz CT molecular complexity index is 171. The number of aliphatic hydroxyl groups excluding tert-OH is 1. The minimum Gasteiger partial charge on any atom is -0.388 e. The van der Waals surface area contributed by atoms with E-state index < -0.39 is 12.3 Å². The van der Waals surface area contributed by atoms with Crippen molar-refractivity contribution in [3.8, 4) is 0 Å². The van der Waals surface area contributed by atoms with Crippen LogP contribution in [0, 0.1) is 0 Å². The summed E-state index contributed by atoms with van der Waals surface area (Å²) in [5.74, 6) is 0. The van der Waals surface area contributed by atoms with Crippen molar-refractivity contribution in [1.82, 2.24) is 4.90 Å². The van der Waals surface area contributed by atoms with Crippen LogP contribution < -0.4 is 0 Å². The lowest BCUT2D eigenvalue weighted by Crippen LogP contribution is -2.43. The molecular formula is C8H16FNOS. The normalized spacial score (nSPS) is 39.0. The Morgan fingerprint density at radius 2 is 2.08 bits per heavy atom. The number of thiol groups is 1. The SMILES string of the molecule is C[C@@H]1[C@@H](O)[C@@H](F)CN1C(C)(C)S. The van der Waals surface area contributed by atoms with Gasteiger partial charge in [0.15, 0.2) is 0 Å². The zero-order chi connectivity index (χ0) is 9.52. The summed E-state index contributed by atoms with van der Waals surface area (Å²) in [6, 6.07) is -0.146. The number of aliphatic hydroxyl groups is 1. The van der Waals surface area contributed by atoms with Gasteiger partial charge in [-0.05, 0) is 20.8 Å². The van der Waals surface area contributed by atoms with Crippen molar-refractivity contribution >= 4 is 12.6 Å². The van der Waals surface area contributed by atoms with E-state index in [1.165, 1.54) is 0 Å². The van der Waals surface area contributed by atoms with Crippen molar-refractivity contribution in [1.29, 1.82) is 0 Å². The second-order valence-electron chi connectivity index (χ2n) is 3.89. The molecule has 0 aromatic carbocycles. The van der Waals surface area contributed by atoms with Gasteiger partial charge in [-0.25, -0.2) is 4.39 Å². The second kappa shape index (κ2) is 3.16. The Morgan fingerprint density at radius 3 is 2.25 bits per heavy atom. The van der Waals surface area contributed by atoms with Gasteiger partial charge in [-0.1, -0.05) is 0 Å². The summed E-state index contributed by atoms with van der Waals surface area (Å²) >= 11 is 4.34. The van der Waals surface area contributed by atoms with Crippen LogP contribution in [-0.4, -0.2) is 39.7 Å². The van der Waals surface area contributed by atoms with Crippen molar-refractivity contribution in [3.05, 3.63) is 0 Å². The lowest BCUT2D eigenvalue weighted by molar-refractivity contribution is 0.0779. The van der Waals surface area contributed by atoms with E-state index >= 15 is 0 Å². The van der Waals surface area contributed by atoms with Crippen LogP contribution in [0.5, 0.6) is 0 Å². The van der Waals surface area contributed by atoms with Gasteiger partial charge in [0.2, 0.25) is 0 Å². The second-order valence-corrected chi connectivity index (χ2v) is 4.99. The molecule has 0 unspecified atom stereocenters. The number of alkyl halides is 1. The van der Waals surface area contributed by atoms with Crippen LogP contribution in [-0.2, 0) is 0 Å². The molecule has 2 nitrogen and oxygen atoms in total. The maximum Gasteiger partial charge on any atom is 0.140 e. The minimum atomic E-state index is -1.13. The Kier molecular flexibility index (Phi) is 2.71. The fraction of sp³-hybridized carbons (Fsp3) is 1.00. The standard InChI is InChI=1S/C8H16FNOS/c1-5-7(11)6(9)4-10(5)8(2,3)12/h5-7,11-12H,4H2,1-3H3/t5-,6+,7-/m1/s1. The Hall–Kier alpha value is 0.200. The highest BCUT2D eigenvalue weighted by Crippen LogP contribution is 2.30. The number of likely N-dealkylation sites (tertiary alicyclic amines) is 1. The van der Waals surface area contributed by atoms with Gasteiger partial charge in [0, 0.05) is 12.6 Å². The van der Waals surface area contributed by atoms with Gasteiger partial charge in [-0.15, -0.1) is 0 Å². The van der Waals surface area contributed by atoms with Crippen molar-refractivity contribution in [2.45, 2.75) is 44.0 Å². The van der Waals surface area contributed by atoms with E-state index in [0.717, 1.165) is 0 Å². The van der Waals surface area contributed by atoms with Gasteiger partial charge < -0.3 is 5.11 Å². The fourth-order valence-electron chi connectivity index (χ4n) is 1.67. The summed E-state index contributed by atoms with van der Waals surface area (Å²) in [7, 11) is 0. The molecule has 1 aliphatic rings. The first-order chi connectivity index (χ1) is 5.34. The summed E-state index contributed by atoms with van der Waals surface area (Å²) < 4.78 is 13.0. The predicted molar refractivity (Wildman–Crippen MR) is 50.1 cm³/mol. The highest BCUT2D eigenvalue weighted by Gasteiger charge is 2.43. The van der Waals surface area contributed by atoms with E-state index in [4.69, 9.17) is 0 Å². The maximum atomic E-state index is 13.0. The minimum absolute atomic E-state index is 0.146. The zero-order valence-electron chi connectivity index (χ0n) is 7.66. The van der Waals surface area contributed by atoms with E-state index in [0.29, 0.717) is 0 Å². The molecule has 0 amide bonds. The molecule has 0 radical (unpaired) electrons. The number of rotatable bonds is 1. The molecule has 0 aromatic rings. The molecule has 0 spiro atoms. The van der Waals surface area contributed by atoms with Crippen LogP contribution in [0.4, 0.5) is 4.39 Å². The van der Waals surface area contributed by atoms with Crippen LogP contribution in [0.15, 0.2) is 0 Å². The van der Waals surface area contributed by atoms with Gasteiger partial charge in [0.1, 0.15) is 12.3 Å². The molecule has 1 aliphatic heterocycles. The van der Waals surface area contributed by atoms with Crippen LogP contribution in [0.25, 0.3) is 0 Å². The van der Waals surface area contributed by atoms with E-state index in [2.05, 4.69) is 12.6 Å². The fourth-order valence-corrected chi connectivity index (χ4v) is 1.93. The first kappa shape index (κ1) is 10.3. The highest BCUT2D eigenvalue weighted by atomic mass is 32.1. The number of hydrogen-bond donors (Lipinski definition) is 2. The zero-order valence-corrected chi connectivity index (χ0v) is 8.55. The topological polar surface area (TPSA) is 23.5 Å². The summed E-state index contributed by atoms with van der Waals surface area (Å²) in [6.07, 6.45) is -2.00. The largest absolute Gasteiger partial charge is 0.388 e. The molecule has 1 fully saturated rings. The molecule has 0 saturated carbocycles. The molecule has 1 N–H and O–H groups in total. The molecule has 12 heavy (non-hydrogen) atoms. The molecule has 72 valence electrons. The van der Waals surface area contributed by atoms with Gasteiger partial charge in [0.05, 0.1) is 4.87 Å². The summed E-state index contributed by atoms with van der Waals surface area (Å²) in [5.41, 5.74) is 0. The molecule has 0 aliphatic carbocycles. The van der Waals surface area contributed by atoms with Crippen LogP contribution in [0.3, 0.4) is 0 Å². The third-order valence-corrected chi connectivity index (χ3v) is 2.69. The molecule has 4 heteroatoms. The van der Waals surface area contributed by atoms with Gasteiger partial charge in [-0.3, -0.25) is 4.90 Å². The quantitative estimate of drug-likeness (QED) is 0.608. The first-order valence-electron chi connectivity index (χ1n) is 4.15. The van der Waals surface area contributed by atoms with E-state index in [1.54, 1.807) is 0 Å². The summed E-state index contributed by atoms with van der Waals surface area (Å²) in [4.78, 5) is 1.51. The third kappa shape index (κ3) is 1.75. The lowest BCUT2D eigenvalue weighted by Gasteiger charge is -2.34. The van der Waals surface area contributed by atoms with E-state index in [1.807, 2.05) is 25.7 Å². The first-order valence-corrected chi connectivity index (χ1v) is 4.60. The summed E-state index contributed by atoms with van der Waals surface area (Å²) in [6.45, 7) is 5.90. The van der Waals surface area contributed by atoms with Crippen LogP contribution >= 0.6 is 12.6 Å². The average Bonchev–Trinajstić information content (AvgIpc) is 2.15. The summed E-state index contributed by atoms with van der Waals surface area (Å²) in [5, 5.41) is 9.35. The smallest absolute Gasteiger partial charge is 0.140 e. The number of nitrogens with zero attached hydrogens (tertiary/aromatic N) is 1. The number of hydrogen-bond acceptors (Lipinski definition) is 3. The van der Waals surface area contributed by atoms with Crippen molar-refractivity contribution in [2.24, 2.45) is 0 Å². The Balaban J connectivity index is 2.71. The predicted octanol–water partition coefficient (Wildman–Crippen LogP) is 1.06. The number of halogens is 1. The average molecular weight is 193 g/mol. The van der Waals surface area contributed by atoms with Crippen LogP contribution in [0.2, 0.25) is 0 Å². The Morgan fingerprint density at radius 1 is 1.58 bits per heavy atom. The van der Waals surface area contributed by atoms with Gasteiger partial charge in [0.25, 0.3) is 0 Å². The molecule has 3 atom stereocenters. The van der Waals surface area contributed by atoms with Gasteiger partial charge >= 0.3 is 0 Å². The molecule has 1 saturated heterocycles. The Labute approximate surface area is 78.2 Å². The van der Waals surface area contributed by atoms with E-state index in [-0.39, 0.29) is 17.5 Å². The molecular weight excluding hydrogens is 177 g/mol. The molecule has 1 rings (SSSR count). The van der Waals surface area contributed by atoms with Crippen molar-refractivity contribution < 1.29 is 9.50 Å². The molecule has 0 bridgehead atoms. The van der Waals surface area contributed by atoms with E-state index in [9.17, 15) is 9.50 Å². The van der Waals surface area contributed by atoms with Crippen molar-refractivity contribution in [3.63, 3.8) is 0 Å². The van der Waals surface area contributed by atoms with Crippen molar-refractivity contribution in [2.75, 3.05) is 6.54 Å². The molecule has 1 heterocycles. The third-order valence-electron chi connectivity index (χ3n) is 2.43. The monoisotopic (exact) mass is 193 g/mol. The lowest BCUT2D eigenvalue weighted by atomic mass is 10.2. The van der Waals surface area contributed by atoms with Gasteiger partial charge in [-0.2, -0.15) is 12.6 Å². The van der Waals surface area contributed by atoms with Crippen LogP contribution in [0.1, 0.15) is 20.8 Å². The maximum absolute atomic E-state index is 13.0. The molecule has 0 aromatic heterocycles.